The maximum Gasteiger partial charge on any atom is 0.315 e. The number of carboxylic acids is 1. The summed E-state index contributed by atoms with van der Waals surface area (Å²) in [5, 5.41) is 13.2. The molecule has 27 heavy (non-hydrogen) atoms. The average molecular weight is 440 g/mol. The highest BCUT2D eigenvalue weighted by Crippen LogP contribution is 2.42. The Labute approximate surface area is 167 Å². The molecule has 2 aliphatic rings. The Balaban J connectivity index is 1.84. The van der Waals surface area contributed by atoms with Gasteiger partial charge >= 0.3 is 5.97 Å². The predicted molar refractivity (Wildman–Crippen MR) is 106 cm³/mol. The Morgan fingerprint density at radius 3 is 2.85 bits per heavy atom. The lowest BCUT2D eigenvalue weighted by atomic mass is 9.85. The molecule has 1 unspecified atom stereocenters. The van der Waals surface area contributed by atoms with E-state index in [4.69, 9.17) is 4.74 Å². The number of amides is 1. The van der Waals surface area contributed by atoms with Gasteiger partial charge in [-0.15, -0.1) is 0 Å². The Kier molecular flexibility index (Phi) is 5.90. The predicted octanol–water partition coefficient (Wildman–Crippen LogP) is 1.45. The molecule has 1 fully saturated rings. The molecule has 3 rings (SSSR count). The fraction of sp³-hybridized carbons (Fsp3) is 0.579. The number of anilines is 1. The van der Waals surface area contributed by atoms with Crippen molar-refractivity contribution in [3.05, 3.63) is 28.2 Å². The van der Waals surface area contributed by atoms with Gasteiger partial charge in [0, 0.05) is 49.0 Å². The van der Waals surface area contributed by atoms with E-state index in [1.54, 1.807) is 25.0 Å². The number of hydrogen-bond acceptors (Lipinski definition) is 5. The minimum atomic E-state index is -1.10. The minimum Gasteiger partial charge on any atom is -0.481 e. The van der Waals surface area contributed by atoms with Gasteiger partial charge in [-0.1, -0.05) is 22.0 Å². The molecule has 1 aromatic carbocycles. The average Bonchev–Trinajstić information content (AvgIpc) is 2.91. The molecule has 0 saturated carbocycles. The maximum absolute atomic E-state index is 13.2. The van der Waals surface area contributed by atoms with Crippen LogP contribution in [0.3, 0.4) is 0 Å². The molecule has 0 aromatic heterocycles. The van der Waals surface area contributed by atoms with E-state index in [1.165, 1.54) is 0 Å². The van der Waals surface area contributed by atoms with Crippen molar-refractivity contribution in [1.29, 1.82) is 0 Å². The van der Waals surface area contributed by atoms with E-state index < -0.39 is 11.4 Å². The third kappa shape index (κ3) is 3.89. The van der Waals surface area contributed by atoms with Gasteiger partial charge in [0.25, 0.3) is 0 Å². The van der Waals surface area contributed by atoms with Crippen molar-refractivity contribution in [1.82, 2.24) is 10.2 Å². The molecule has 8 heteroatoms. The zero-order valence-corrected chi connectivity index (χ0v) is 17.5. The normalized spacial score (nSPS) is 28.2. The molecule has 0 aliphatic carbocycles. The van der Waals surface area contributed by atoms with Crippen LogP contribution in [-0.4, -0.2) is 73.9 Å². The summed E-state index contributed by atoms with van der Waals surface area (Å²) < 4.78 is 6.12. The number of nitrogens with one attached hydrogen (secondary N) is 1. The topological polar surface area (TPSA) is 82.1 Å². The second kappa shape index (κ2) is 7.87. The van der Waals surface area contributed by atoms with E-state index in [0.717, 1.165) is 17.6 Å². The molecule has 0 spiro atoms. The van der Waals surface area contributed by atoms with Crippen LogP contribution in [0.4, 0.5) is 5.69 Å². The minimum absolute atomic E-state index is 0.0884. The lowest BCUT2D eigenvalue weighted by Gasteiger charge is -2.39. The van der Waals surface area contributed by atoms with E-state index in [9.17, 15) is 14.7 Å². The molecular formula is C19H26BrN3O4. The van der Waals surface area contributed by atoms with Crippen molar-refractivity contribution in [3.8, 4) is 0 Å². The molecule has 2 heterocycles. The van der Waals surface area contributed by atoms with Gasteiger partial charge < -0.3 is 20.1 Å². The van der Waals surface area contributed by atoms with E-state index in [0.29, 0.717) is 17.9 Å². The van der Waals surface area contributed by atoms with Crippen LogP contribution in [0.15, 0.2) is 22.7 Å². The quantitative estimate of drug-likeness (QED) is 0.722. The van der Waals surface area contributed by atoms with Crippen LogP contribution in [0, 0.1) is 0 Å². The molecule has 0 bridgehead atoms. The van der Waals surface area contributed by atoms with E-state index in [-0.39, 0.29) is 31.1 Å². The van der Waals surface area contributed by atoms with E-state index >= 15 is 0 Å². The Morgan fingerprint density at radius 1 is 1.44 bits per heavy atom. The van der Waals surface area contributed by atoms with E-state index in [2.05, 4.69) is 33.1 Å². The van der Waals surface area contributed by atoms with Crippen LogP contribution < -0.4 is 10.2 Å². The zero-order valence-electron chi connectivity index (χ0n) is 15.9. The second-order valence-electron chi connectivity index (χ2n) is 7.63. The van der Waals surface area contributed by atoms with Gasteiger partial charge in [-0.2, -0.15) is 0 Å². The Hall–Kier alpha value is -1.48. The summed E-state index contributed by atoms with van der Waals surface area (Å²) in [5.74, 6) is -1.01. The number of carboxylic acid groups (broad SMARTS) is 1. The van der Waals surface area contributed by atoms with Crippen LogP contribution in [0.5, 0.6) is 0 Å². The third-order valence-electron chi connectivity index (χ3n) is 5.52. The van der Waals surface area contributed by atoms with Crippen molar-refractivity contribution in [2.75, 3.05) is 44.8 Å². The first-order valence-corrected chi connectivity index (χ1v) is 9.85. The summed E-state index contributed by atoms with van der Waals surface area (Å²) in [6.07, 6.45) is 0. The highest BCUT2D eigenvalue weighted by atomic mass is 79.9. The molecular weight excluding hydrogens is 414 g/mol. The number of nitrogens with zero attached hydrogens (tertiary/aromatic N) is 2. The highest BCUT2D eigenvalue weighted by molar-refractivity contribution is 9.10. The molecule has 1 saturated heterocycles. The van der Waals surface area contributed by atoms with Crippen molar-refractivity contribution in [2.45, 2.75) is 31.3 Å². The summed E-state index contributed by atoms with van der Waals surface area (Å²) in [4.78, 5) is 28.8. The molecule has 1 aromatic rings. The first kappa shape index (κ1) is 20.3. The van der Waals surface area contributed by atoms with Gasteiger partial charge in [-0.25, -0.2) is 0 Å². The number of methoxy groups -OCH3 is 1. The van der Waals surface area contributed by atoms with Crippen molar-refractivity contribution >= 4 is 33.5 Å². The maximum atomic E-state index is 13.2. The first-order valence-electron chi connectivity index (χ1n) is 9.06. The summed E-state index contributed by atoms with van der Waals surface area (Å²) in [6, 6.07) is 5.84. The molecule has 2 aliphatic heterocycles. The second-order valence-corrected chi connectivity index (χ2v) is 8.54. The van der Waals surface area contributed by atoms with Crippen LogP contribution in [-0.2, 0) is 19.7 Å². The molecule has 0 radical (unpaired) electrons. The largest absolute Gasteiger partial charge is 0.481 e. The molecule has 2 N–H and O–H groups in total. The molecule has 7 nitrogen and oxygen atoms in total. The number of aliphatic carboxylic acids is 1. The van der Waals surface area contributed by atoms with Gasteiger partial charge in [0.15, 0.2) is 0 Å². The van der Waals surface area contributed by atoms with Crippen molar-refractivity contribution < 1.29 is 19.4 Å². The van der Waals surface area contributed by atoms with Crippen molar-refractivity contribution in [3.63, 3.8) is 0 Å². The number of carbonyl (C=O) groups is 2. The smallest absolute Gasteiger partial charge is 0.315 e. The summed E-state index contributed by atoms with van der Waals surface area (Å²) >= 11 is 3.43. The van der Waals surface area contributed by atoms with Gasteiger partial charge in [0.2, 0.25) is 5.91 Å². The fourth-order valence-electron chi connectivity index (χ4n) is 3.93. The number of ether oxygens (including phenoxy) is 1. The summed E-state index contributed by atoms with van der Waals surface area (Å²) in [5.41, 5.74) is 0.244. The standard InChI is InChI=1S/C19H26BrN3O4/c1-12-8-22(14(7-21-12)10-27-3)9-17(24)23-11-19(2,18(25)26)15-5-4-13(20)6-16(15)23/h4-6,12,14,21H,7-11H2,1-3H3,(H,25,26)/t12-,14-,19?/m1/s1. The fourth-order valence-corrected chi connectivity index (χ4v) is 4.28. The van der Waals surface area contributed by atoms with Crippen LogP contribution in [0.1, 0.15) is 19.4 Å². The van der Waals surface area contributed by atoms with Crippen LogP contribution >= 0.6 is 15.9 Å². The third-order valence-corrected chi connectivity index (χ3v) is 6.01. The van der Waals surface area contributed by atoms with E-state index in [1.807, 2.05) is 12.1 Å². The first-order chi connectivity index (χ1) is 12.8. The number of halogens is 1. The number of carbonyl (C=O) groups excluding carboxylic acids is 1. The molecule has 148 valence electrons. The number of benzene rings is 1. The number of hydrogen-bond donors (Lipinski definition) is 2. The zero-order chi connectivity index (χ0) is 19.8. The lowest BCUT2D eigenvalue weighted by molar-refractivity contribution is -0.142. The van der Waals surface area contributed by atoms with Gasteiger partial charge in [0.1, 0.15) is 5.41 Å². The summed E-state index contributed by atoms with van der Waals surface area (Å²) in [6.45, 7) is 6.19. The highest BCUT2D eigenvalue weighted by Gasteiger charge is 2.47. The summed E-state index contributed by atoms with van der Waals surface area (Å²) in [7, 11) is 1.66. The Bertz CT molecular complexity index is 744. The van der Waals surface area contributed by atoms with Gasteiger partial charge in [-0.05, 0) is 31.5 Å². The van der Waals surface area contributed by atoms with Crippen molar-refractivity contribution in [2.24, 2.45) is 0 Å². The van der Waals surface area contributed by atoms with Gasteiger partial charge in [0.05, 0.1) is 13.2 Å². The molecule has 3 atom stereocenters. The number of fused-ring (bicyclic) bond motifs is 1. The molecule has 1 amide bonds. The monoisotopic (exact) mass is 439 g/mol. The van der Waals surface area contributed by atoms with Crippen LogP contribution in [0.2, 0.25) is 0 Å². The number of piperazine rings is 1. The SMILES string of the molecule is COC[C@H]1CN[C@H](C)CN1CC(=O)N1CC(C)(C(=O)O)c2ccc(Br)cc21. The Morgan fingerprint density at radius 2 is 2.19 bits per heavy atom. The van der Waals surface area contributed by atoms with Gasteiger partial charge in [-0.3, -0.25) is 14.5 Å². The lowest BCUT2D eigenvalue weighted by Crippen LogP contribution is -2.59. The van der Waals surface area contributed by atoms with Crippen LogP contribution in [0.25, 0.3) is 0 Å². The number of rotatable bonds is 5.